The van der Waals surface area contributed by atoms with Gasteiger partial charge in [-0.15, -0.1) is 0 Å². The molecule has 0 radical (unpaired) electrons. The predicted octanol–water partition coefficient (Wildman–Crippen LogP) is 3.74. The summed E-state index contributed by atoms with van der Waals surface area (Å²) < 4.78 is 5.92. The summed E-state index contributed by atoms with van der Waals surface area (Å²) in [5.41, 5.74) is 2.79. The lowest BCUT2D eigenvalue weighted by Gasteiger charge is -1.97. The van der Waals surface area contributed by atoms with Gasteiger partial charge < -0.3 is 9.73 Å². The van der Waals surface area contributed by atoms with Gasteiger partial charge in [0.05, 0.1) is 0 Å². The highest BCUT2D eigenvalue weighted by molar-refractivity contribution is 6.07. The van der Waals surface area contributed by atoms with E-state index in [0.29, 0.717) is 6.54 Å². The Morgan fingerprint density at radius 1 is 1.15 bits per heavy atom. The average molecular weight is 265 g/mol. The summed E-state index contributed by atoms with van der Waals surface area (Å²) in [4.78, 5) is 10.8. The quantitative estimate of drug-likeness (QED) is 0.784. The van der Waals surface area contributed by atoms with Crippen molar-refractivity contribution in [3.8, 4) is 0 Å². The van der Waals surface area contributed by atoms with E-state index in [1.165, 1.54) is 6.92 Å². The van der Waals surface area contributed by atoms with Gasteiger partial charge in [-0.25, -0.2) is 0 Å². The highest BCUT2D eigenvalue weighted by Crippen LogP contribution is 2.31. The third-order valence-electron chi connectivity index (χ3n) is 3.20. The van der Waals surface area contributed by atoms with E-state index in [2.05, 4.69) is 17.4 Å². The van der Waals surface area contributed by atoms with E-state index in [4.69, 9.17) is 4.42 Å². The van der Waals surface area contributed by atoms with Gasteiger partial charge in [0.25, 0.3) is 0 Å². The first-order valence-electron chi connectivity index (χ1n) is 6.57. The number of benzene rings is 2. The number of rotatable bonds is 3. The van der Waals surface area contributed by atoms with Crippen LogP contribution in [0, 0.1) is 0 Å². The molecule has 0 aliphatic rings. The SMILES string of the molecule is CC(=O)NCC=Cc1cccc2c1oc1ccccc12. The number of hydrogen-bond acceptors (Lipinski definition) is 2. The highest BCUT2D eigenvalue weighted by atomic mass is 16.3. The minimum absolute atomic E-state index is 0.0309. The molecule has 1 heterocycles. The normalized spacial score (nSPS) is 11.4. The van der Waals surface area contributed by atoms with Crippen molar-refractivity contribution in [2.75, 3.05) is 6.54 Å². The number of carbonyl (C=O) groups is 1. The number of para-hydroxylation sites is 2. The maximum atomic E-state index is 10.8. The molecule has 3 nitrogen and oxygen atoms in total. The predicted molar refractivity (Wildman–Crippen MR) is 81.4 cm³/mol. The lowest BCUT2D eigenvalue weighted by Crippen LogP contribution is -2.19. The number of fused-ring (bicyclic) bond motifs is 3. The summed E-state index contributed by atoms with van der Waals surface area (Å²) in [6.07, 6.45) is 3.89. The first-order valence-corrected chi connectivity index (χ1v) is 6.57. The Balaban J connectivity index is 2.01. The molecule has 3 heteroatoms. The third-order valence-corrected chi connectivity index (χ3v) is 3.20. The molecule has 0 aliphatic heterocycles. The molecular weight excluding hydrogens is 250 g/mol. The van der Waals surface area contributed by atoms with Gasteiger partial charge in [-0.1, -0.05) is 48.6 Å². The Morgan fingerprint density at radius 3 is 2.80 bits per heavy atom. The van der Waals surface area contributed by atoms with E-state index >= 15 is 0 Å². The topological polar surface area (TPSA) is 42.2 Å². The fourth-order valence-corrected chi connectivity index (χ4v) is 2.29. The standard InChI is InChI=1S/C17H15NO2/c1-12(19)18-11-5-7-13-6-4-9-15-14-8-2-3-10-16(14)20-17(13)15/h2-10H,11H2,1H3,(H,18,19). The van der Waals surface area contributed by atoms with Gasteiger partial charge in [-0.05, 0) is 6.07 Å². The van der Waals surface area contributed by atoms with Crippen LogP contribution in [-0.2, 0) is 4.79 Å². The van der Waals surface area contributed by atoms with Crippen LogP contribution in [0.4, 0.5) is 0 Å². The van der Waals surface area contributed by atoms with E-state index in [1.54, 1.807) is 0 Å². The summed E-state index contributed by atoms with van der Waals surface area (Å²) in [5.74, 6) is -0.0309. The van der Waals surface area contributed by atoms with Crippen molar-refractivity contribution < 1.29 is 9.21 Å². The molecule has 0 aliphatic carbocycles. The zero-order chi connectivity index (χ0) is 13.9. The Bertz CT molecular complexity index is 799. The lowest BCUT2D eigenvalue weighted by molar-refractivity contribution is -0.118. The molecule has 0 saturated heterocycles. The fourth-order valence-electron chi connectivity index (χ4n) is 2.29. The van der Waals surface area contributed by atoms with Gasteiger partial charge >= 0.3 is 0 Å². The van der Waals surface area contributed by atoms with Crippen molar-refractivity contribution in [2.24, 2.45) is 0 Å². The van der Waals surface area contributed by atoms with E-state index in [1.807, 2.05) is 42.5 Å². The van der Waals surface area contributed by atoms with Crippen LogP contribution in [0.3, 0.4) is 0 Å². The van der Waals surface area contributed by atoms with Crippen LogP contribution in [0.5, 0.6) is 0 Å². The Morgan fingerprint density at radius 2 is 1.95 bits per heavy atom. The summed E-state index contributed by atoms with van der Waals surface area (Å²) in [6, 6.07) is 14.1. The minimum Gasteiger partial charge on any atom is -0.455 e. The number of hydrogen-bond donors (Lipinski definition) is 1. The Kier molecular flexibility index (Phi) is 3.25. The molecule has 1 aromatic heterocycles. The molecule has 0 saturated carbocycles. The molecule has 2 aromatic carbocycles. The van der Waals surface area contributed by atoms with Crippen molar-refractivity contribution in [3.63, 3.8) is 0 Å². The molecule has 3 rings (SSSR count). The Hall–Kier alpha value is -2.55. The largest absolute Gasteiger partial charge is 0.455 e. The number of carbonyl (C=O) groups excluding carboxylic acids is 1. The first-order chi connectivity index (χ1) is 9.75. The minimum atomic E-state index is -0.0309. The van der Waals surface area contributed by atoms with Crippen molar-refractivity contribution >= 4 is 33.9 Å². The fraction of sp³-hybridized carbons (Fsp3) is 0.118. The van der Waals surface area contributed by atoms with Crippen LogP contribution in [-0.4, -0.2) is 12.5 Å². The van der Waals surface area contributed by atoms with Gasteiger partial charge in [0.2, 0.25) is 5.91 Å². The molecule has 0 spiro atoms. The number of nitrogens with one attached hydrogen (secondary N) is 1. The summed E-state index contributed by atoms with van der Waals surface area (Å²) >= 11 is 0. The molecule has 0 bridgehead atoms. The van der Waals surface area contributed by atoms with E-state index in [9.17, 15) is 4.79 Å². The van der Waals surface area contributed by atoms with Gasteiger partial charge in [0.15, 0.2) is 0 Å². The summed E-state index contributed by atoms with van der Waals surface area (Å²) in [5, 5.41) is 4.97. The maximum absolute atomic E-state index is 10.8. The number of amides is 1. The molecule has 20 heavy (non-hydrogen) atoms. The second-order valence-electron chi connectivity index (χ2n) is 4.66. The first kappa shape index (κ1) is 12.5. The lowest BCUT2D eigenvalue weighted by atomic mass is 10.1. The third kappa shape index (κ3) is 2.30. The van der Waals surface area contributed by atoms with Gasteiger partial charge in [0.1, 0.15) is 11.2 Å². The van der Waals surface area contributed by atoms with Gasteiger partial charge in [0, 0.05) is 29.8 Å². The summed E-state index contributed by atoms with van der Waals surface area (Å²) in [7, 11) is 0. The highest BCUT2D eigenvalue weighted by Gasteiger charge is 2.07. The molecule has 3 aromatic rings. The zero-order valence-corrected chi connectivity index (χ0v) is 11.2. The average Bonchev–Trinajstić information content (AvgIpc) is 2.83. The van der Waals surface area contributed by atoms with E-state index < -0.39 is 0 Å². The van der Waals surface area contributed by atoms with Crippen LogP contribution >= 0.6 is 0 Å². The molecule has 0 atom stereocenters. The van der Waals surface area contributed by atoms with Gasteiger partial charge in [-0.2, -0.15) is 0 Å². The van der Waals surface area contributed by atoms with Crippen LogP contribution in [0.25, 0.3) is 28.0 Å². The number of furan rings is 1. The second-order valence-corrected chi connectivity index (χ2v) is 4.66. The molecule has 1 N–H and O–H groups in total. The molecule has 0 unspecified atom stereocenters. The van der Waals surface area contributed by atoms with Gasteiger partial charge in [-0.3, -0.25) is 4.79 Å². The maximum Gasteiger partial charge on any atom is 0.217 e. The van der Waals surface area contributed by atoms with Crippen LogP contribution in [0.15, 0.2) is 53.0 Å². The van der Waals surface area contributed by atoms with Crippen LogP contribution in [0.1, 0.15) is 12.5 Å². The molecule has 100 valence electrons. The van der Waals surface area contributed by atoms with Crippen molar-refractivity contribution in [2.45, 2.75) is 6.92 Å². The van der Waals surface area contributed by atoms with Crippen LogP contribution < -0.4 is 5.32 Å². The second kappa shape index (κ2) is 5.21. The van der Waals surface area contributed by atoms with Crippen molar-refractivity contribution in [1.82, 2.24) is 5.32 Å². The van der Waals surface area contributed by atoms with Crippen molar-refractivity contribution in [3.05, 3.63) is 54.1 Å². The monoisotopic (exact) mass is 265 g/mol. The molecule has 1 amide bonds. The Labute approximate surface area is 116 Å². The van der Waals surface area contributed by atoms with Crippen LogP contribution in [0.2, 0.25) is 0 Å². The van der Waals surface area contributed by atoms with Crippen molar-refractivity contribution in [1.29, 1.82) is 0 Å². The smallest absolute Gasteiger partial charge is 0.217 e. The summed E-state index contributed by atoms with van der Waals surface area (Å²) in [6.45, 7) is 2.03. The van der Waals surface area contributed by atoms with E-state index in [0.717, 1.165) is 27.5 Å². The zero-order valence-electron chi connectivity index (χ0n) is 11.2. The van der Waals surface area contributed by atoms with E-state index in [-0.39, 0.29) is 5.91 Å². The molecular formula is C17H15NO2. The molecule has 0 fully saturated rings.